The molecule has 3 N–H and O–H groups in total. The molecular formula is C10H24N2O. The van der Waals surface area contributed by atoms with Crippen molar-refractivity contribution in [3.8, 4) is 0 Å². The summed E-state index contributed by atoms with van der Waals surface area (Å²) < 4.78 is 5.05. The van der Waals surface area contributed by atoms with Crippen LogP contribution in [0, 0.1) is 5.41 Å². The van der Waals surface area contributed by atoms with Gasteiger partial charge >= 0.3 is 0 Å². The maximum Gasteiger partial charge on any atom is 0.0467 e. The number of hydrogen-bond acceptors (Lipinski definition) is 3. The summed E-state index contributed by atoms with van der Waals surface area (Å²) in [5.74, 6) is 0. The van der Waals surface area contributed by atoms with Crippen molar-refractivity contribution in [1.29, 1.82) is 0 Å². The normalized spacial score (nSPS) is 14.5. The molecule has 0 saturated carbocycles. The molecular weight excluding hydrogens is 164 g/mol. The molecule has 0 aliphatic rings. The van der Waals surface area contributed by atoms with Gasteiger partial charge < -0.3 is 15.8 Å². The van der Waals surface area contributed by atoms with E-state index in [1.807, 2.05) is 6.92 Å². The Labute approximate surface area is 82.0 Å². The van der Waals surface area contributed by atoms with Crippen LogP contribution in [-0.4, -0.2) is 32.8 Å². The lowest BCUT2D eigenvalue weighted by Crippen LogP contribution is -2.37. The molecule has 0 radical (unpaired) electrons. The van der Waals surface area contributed by atoms with Crippen LogP contribution >= 0.6 is 0 Å². The fourth-order valence-corrected chi connectivity index (χ4v) is 1.10. The highest BCUT2D eigenvalue weighted by Gasteiger charge is 2.16. The fourth-order valence-electron chi connectivity index (χ4n) is 1.10. The third-order valence-corrected chi connectivity index (χ3v) is 2.05. The lowest BCUT2D eigenvalue weighted by Gasteiger charge is -2.25. The number of hydrogen-bond donors (Lipinski definition) is 2. The van der Waals surface area contributed by atoms with Crippen LogP contribution in [0.1, 0.15) is 27.2 Å². The largest absolute Gasteiger partial charge is 0.385 e. The number of ether oxygens (including phenoxy) is 1. The first-order valence-corrected chi connectivity index (χ1v) is 4.93. The Bertz CT molecular complexity index is 124. The van der Waals surface area contributed by atoms with Crippen LogP contribution in [0.3, 0.4) is 0 Å². The second-order valence-electron chi connectivity index (χ2n) is 4.52. The van der Waals surface area contributed by atoms with E-state index in [-0.39, 0.29) is 6.04 Å². The molecule has 0 aromatic rings. The minimum atomic E-state index is 0.234. The fraction of sp³-hybridized carbons (Fsp3) is 1.00. The van der Waals surface area contributed by atoms with Crippen LogP contribution < -0.4 is 11.1 Å². The predicted molar refractivity (Wildman–Crippen MR) is 56.8 cm³/mol. The van der Waals surface area contributed by atoms with Crippen LogP contribution in [0.4, 0.5) is 0 Å². The highest BCUT2D eigenvalue weighted by molar-refractivity contribution is 4.72. The molecule has 0 rings (SSSR count). The van der Waals surface area contributed by atoms with Gasteiger partial charge in [-0.25, -0.2) is 0 Å². The van der Waals surface area contributed by atoms with Gasteiger partial charge in [0.05, 0.1) is 0 Å². The van der Waals surface area contributed by atoms with E-state index in [9.17, 15) is 0 Å². The summed E-state index contributed by atoms with van der Waals surface area (Å²) in [6, 6.07) is 0.234. The third-order valence-electron chi connectivity index (χ3n) is 2.05. The van der Waals surface area contributed by atoms with Crippen molar-refractivity contribution in [3.05, 3.63) is 0 Å². The lowest BCUT2D eigenvalue weighted by atomic mass is 9.90. The van der Waals surface area contributed by atoms with Crippen LogP contribution in [0.5, 0.6) is 0 Å². The second kappa shape index (κ2) is 6.35. The highest BCUT2D eigenvalue weighted by atomic mass is 16.5. The van der Waals surface area contributed by atoms with E-state index in [0.717, 1.165) is 26.1 Å². The Morgan fingerprint density at radius 1 is 1.46 bits per heavy atom. The van der Waals surface area contributed by atoms with Crippen LogP contribution in [0.2, 0.25) is 0 Å². The van der Waals surface area contributed by atoms with Gasteiger partial charge in [-0.1, -0.05) is 13.8 Å². The quantitative estimate of drug-likeness (QED) is 0.626. The first-order valence-electron chi connectivity index (χ1n) is 4.93. The van der Waals surface area contributed by atoms with Crippen LogP contribution in [-0.2, 0) is 4.74 Å². The minimum Gasteiger partial charge on any atom is -0.385 e. The molecule has 0 aromatic carbocycles. The molecule has 0 aliphatic heterocycles. The molecule has 0 amide bonds. The first-order chi connectivity index (χ1) is 5.98. The van der Waals surface area contributed by atoms with Gasteiger partial charge in [-0.05, 0) is 18.8 Å². The van der Waals surface area contributed by atoms with Gasteiger partial charge in [-0.2, -0.15) is 0 Å². The Kier molecular flexibility index (Phi) is 6.29. The van der Waals surface area contributed by atoms with Crippen molar-refractivity contribution < 1.29 is 4.74 Å². The zero-order chi connectivity index (χ0) is 10.3. The summed E-state index contributed by atoms with van der Waals surface area (Å²) in [7, 11) is 1.74. The zero-order valence-corrected chi connectivity index (χ0v) is 9.39. The van der Waals surface area contributed by atoms with Gasteiger partial charge in [-0.3, -0.25) is 0 Å². The van der Waals surface area contributed by atoms with Gasteiger partial charge in [0.15, 0.2) is 0 Å². The van der Waals surface area contributed by atoms with Crippen molar-refractivity contribution in [2.75, 3.05) is 26.8 Å². The smallest absolute Gasteiger partial charge is 0.0467 e. The van der Waals surface area contributed by atoms with Crippen molar-refractivity contribution in [1.82, 2.24) is 5.32 Å². The second-order valence-corrected chi connectivity index (χ2v) is 4.52. The van der Waals surface area contributed by atoms with Gasteiger partial charge in [0.2, 0.25) is 0 Å². The van der Waals surface area contributed by atoms with Crippen molar-refractivity contribution in [2.45, 2.75) is 33.2 Å². The van der Waals surface area contributed by atoms with E-state index in [2.05, 4.69) is 19.2 Å². The topological polar surface area (TPSA) is 47.3 Å². The van der Waals surface area contributed by atoms with E-state index in [4.69, 9.17) is 10.5 Å². The summed E-state index contributed by atoms with van der Waals surface area (Å²) in [6.45, 7) is 9.19. The third kappa shape index (κ3) is 8.22. The number of rotatable bonds is 7. The number of methoxy groups -OCH3 is 1. The summed E-state index contributed by atoms with van der Waals surface area (Å²) in [5.41, 5.74) is 5.93. The summed E-state index contributed by atoms with van der Waals surface area (Å²) in [5, 5.41) is 3.35. The molecule has 0 saturated heterocycles. The molecule has 3 heteroatoms. The molecule has 1 unspecified atom stereocenters. The summed E-state index contributed by atoms with van der Waals surface area (Å²) in [4.78, 5) is 0. The Balaban J connectivity index is 3.50. The minimum absolute atomic E-state index is 0.234. The van der Waals surface area contributed by atoms with Crippen LogP contribution in [0.25, 0.3) is 0 Å². The molecule has 0 aromatic heterocycles. The Hall–Kier alpha value is -0.120. The molecule has 3 nitrogen and oxygen atoms in total. The van der Waals surface area contributed by atoms with E-state index in [1.54, 1.807) is 7.11 Å². The standard InChI is InChI=1S/C10H24N2O/c1-9(11)7-12-8-10(2,3)5-6-13-4/h9,12H,5-8,11H2,1-4H3. The summed E-state index contributed by atoms with van der Waals surface area (Å²) >= 11 is 0. The number of nitrogens with one attached hydrogen (secondary N) is 1. The van der Waals surface area contributed by atoms with Gasteiger partial charge in [0.1, 0.15) is 0 Å². The van der Waals surface area contributed by atoms with Crippen molar-refractivity contribution >= 4 is 0 Å². The molecule has 0 fully saturated rings. The molecule has 13 heavy (non-hydrogen) atoms. The van der Waals surface area contributed by atoms with Gasteiger partial charge in [0.25, 0.3) is 0 Å². The molecule has 0 aliphatic carbocycles. The molecule has 0 spiro atoms. The van der Waals surface area contributed by atoms with Crippen molar-refractivity contribution in [3.63, 3.8) is 0 Å². The highest BCUT2D eigenvalue weighted by Crippen LogP contribution is 2.18. The maximum absolute atomic E-state index is 5.63. The molecule has 0 bridgehead atoms. The van der Waals surface area contributed by atoms with E-state index < -0.39 is 0 Å². The van der Waals surface area contributed by atoms with E-state index in [0.29, 0.717) is 5.41 Å². The number of nitrogens with two attached hydrogens (primary N) is 1. The lowest BCUT2D eigenvalue weighted by molar-refractivity contribution is 0.150. The van der Waals surface area contributed by atoms with Crippen molar-refractivity contribution in [2.24, 2.45) is 11.1 Å². The maximum atomic E-state index is 5.63. The average Bonchev–Trinajstić information content (AvgIpc) is 2.00. The SMILES string of the molecule is COCCC(C)(C)CNCC(C)N. The Morgan fingerprint density at radius 3 is 2.54 bits per heavy atom. The van der Waals surface area contributed by atoms with Crippen LogP contribution in [0.15, 0.2) is 0 Å². The van der Waals surface area contributed by atoms with E-state index in [1.165, 1.54) is 0 Å². The van der Waals surface area contributed by atoms with Gasteiger partial charge in [0, 0.05) is 32.8 Å². The molecule has 80 valence electrons. The average molecular weight is 188 g/mol. The van der Waals surface area contributed by atoms with E-state index >= 15 is 0 Å². The predicted octanol–water partition coefficient (Wildman–Crippen LogP) is 0.986. The van der Waals surface area contributed by atoms with Gasteiger partial charge in [-0.15, -0.1) is 0 Å². The Morgan fingerprint density at radius 2 is 2.08 bits per heavy atom. The summed E-state index contributed by atoms with van der Waals surface area (Å²) in [6.07, 6.45) is 1.08. The zero-order valence-electron chi connectivity index (χ0n) is 9.39. The monoisotopic (exact) mass is 188 g/mol. The molecule has 0 heterocycles. The first kappa shape index (κ1) is 12.9. The molecule has 1 atom stereocenters.